The maximum Gasteiger partial charge on any atom is 0.253 e. The highest BCUT2D eigenvalue weighted by atomic mass is 16.4. The molecule has 1 aromatic carbocycles. The van der Waals surface area contributed by atoms with Gasteiger partial charge in [0, 0.05) is 50.1 Å². The van der Waals surface area contributed by atoms with E-state index in [0.29, 0.717) is 17.9 Å². The molecule has 0 saturated heterocycles. The van der Waals surface area contributed by atoms with Crippen LogP contribution in [0.25, 0.3) is 11.3 Å². The summed E-state index contributed by atoms with van der Waals surface area (Å²) in [5.74, 6) is 1.42. The van der Waals surface area contributed by atoms with E-state index in [0.717, 1.165) is 36.2 Å². The molecule has 0 radical (unpaired) electrons. The van der Waals surface area contributed by atoms with Gasteiger partial charge in [0.25, 0.3) is 5.91 Å². The van der Waals surface area contributed by atoms with E-state index < -0.39 is 0 Å². The Bertz CT molecular complexity index is 986. The average molecular weight is 423 g/mol. The van der Waals surface area contributed by atoms with Gasteiger partial charge in [0.15, 0.2) is 0 Å². The molecule has 8 nitrogen and oxygen atoms in total. The molecule has 1 aliphatic rings. The second-order valence-electron chi connectivity index (χ2n) is 7.49. The number of aryl methyl sites for hydroxylation is 2. The first-order chi connectivity index (χ1) is 15.0. The maximum absolute atomic E-state index is 12.7. The number of aromatic nitrogens is 4. The summed E-state index contributed by atoms with van der Waals surface area (Å²) >= 11 is 0. The van der Waals surface area contributed by atoms with E-state index >= 15 is 0 Å². The van der Waals surface area contributed by atoms with Gasteiger partial charge in [0.1, 0.15) is 0 Å². The van der Waals surface area contributed by atoms with Crippen molar-refractivity contribution in [3.05, 3.63) is 48.3 Å². The molecule has 1 fully saturated rings. The Morgan fingerprint density at radius 3 is 2.52 bits per heavy atom. The van der Waals surface area contributed by atoms with Crippen molar-refractivity contribution >= 4 is 18.1 Å². The minimum atomic E-state index is 0.105. The number of carbonyl (C=O) groups is 1. The third kappa shape index (κ3) is 5.65. The number of nitrogens with zero attached hydrogens (tertiary/aromatic N) is 6. The number of carbonyl (C=O) groups excluding carboxylic acids is 1. The van der Waals surface area contributed by atoms with Gasteiger partial charge in [-0.15, -0.1) is 10.2 Å². The predicted octanol–water partition coefficient (Wildman–Crippen LogP) is 4.68. The molecule has 1 saturated carbocycles. The third-order valence-electron chi connectivity index (χ3n) is 5.43. The van der Waals surface area contributed by atoms with Crippen LogP contribution in [0.2, 0.25) is 0 Å². The van der Waals surface area contributed by atoms with Gasteiger partial charge in [-0.2, -0.15) is 0 Å². The van der Waals surface area contributed by atoms with Gasteiger partial charge in [-0.25, -0.2) is 9.98 Å². The third-order valence-corrected chi connectivity index (χ3v) is 5.43. The summed E-state index contributed by atoms with van der Waals surface area (Å²) < 4.78 is 6.63. The lowest BCUT2D eigenvalue weighted by Gasteiger charge is -2.24. The summed E-state index contributed by atoms with van der Waals surface area (Å²) in [6, 6.07) is 8.13. The molecule has 0 bridgehead atoms. The molecule has 0 atom stereocenters. The van der Waals surface area contributed by atoms with E-state index in [4.69, 9.17) is 0 Å². The number of aliphatic imine (C=N–C) groups is 1. The summed E-state index contributed by atoms with van der Waals surface area (Å²) in [4.78, 5) is 23.4. The van der Waals surface area contributed by atoms with Crippen LogP contribution in [0.4, 0.5) is 5.95 Å². The molecular formula is C23H30N6O2. The fourth-order valence-corrected chi connectivity index (χ4v) is 3.67. The number of rotatable bonds is 5. The van der Waals surface area contributed by atoms with Crippen molar-refractivity contribution in [2.75, 3.05) is 7.05 Å². The molecule has 0 aliphatic heterocycles. The average Bonchev–Trinajstić information content (AvgIpc) is 3.56. The Balaban J connectivity index is 0.000000391. The Morgan fingerprint density at radius 2 is 2.00 bits per heavy atom. The molecule has 8 heteroatoms. The molecule has 164 valence electrons. The first-order valence-electron chi connectivity index (χ1n) is 10.7. The van der Waals surface area contributed by atoms with Crippen LogP contribution >= 0.6 is 0 Å². The van der Waals surface area contributed by atoms with Crippen molar-refractivity contribution in [1.82, 2.24) is 24.6 Å². The zero-order valence-corrected chi connectivity index (χ0v) is 18.7. The normalized spacial score (nSPS) is 13.9. The first kappa shape index (κ1) is 22.4. The van der Waals surface area contributed by atoms with Gasteiger partial charge in [0.2, 0.25) is 18.2 Å². The summed E-state index contributed by atoms with van der Waals surface area (Å²) in [7, 11) is 1.92. The van der Waals surface area contributed by atoms with Crippen LogP contribution in [0.1, 0.15) is 55.8 Å². The summed E-state index contributed by atoms with van der Waals surface area (Å²) in [5, 5.41) is 6.91. The Morgan fingerprint density at radius 1 is 1.29 bits per heavy atom. The van der Waals surface area contributed by atoms with E-state index in [1.807, 2.05) is 53.9 Å². The minimum Gasteiger partial charge on any atom is -0.428 e. The standard InChI is InChI=1S/C20H26N4O.C3H4N2O/c1-4-21-20-22-18(14-24(20)5-2)15-10-12-16(13-11-15)19(25)23(3)17-8-6-7-9-17;1-3-5-4-2-6-3/h4,10-14,17H,5-9H2,1-3H3;2H,1H3/b21-4-;. The maximum atomic E-state index is 12.7. The Kier molecular flexibility index (Phi) is 7.70. The highest BCUT2D eigenvalue weighted by Crippen LogP contribution is 2.26. The van der Waals surface area contributed by atoms with Gasteiger partial charge >= 0.3 is 0 Å². The largest absolute Gasteiger partial charge is 0.428 e. The van der Waals surface area contributed by atoms with E-state index in [2.05, 4.69) is 31.5 Å². The zero-order valence-electron chi connectivity index (χ0n) is 18.7. The van der Waals surface area contributed by atoms with E-state index in [9.17, 15) is 4.79 Å². The van der Waals surface area contributed by atoms with Crippen LogP contribution in [0.3, 0.4) is 0 Å². The molecule has 0 spiro atoms. The van der Waals surface area contributed by atoms with Crippen molar-refractivity contribution < 1.29 is 9.21 Å². The van der Waals surface area contributed by atoms with Crippen LogP contribution < -0.4 is 0 Å². The van der Waals surface area contributed by atoms with Crippen LogP contribution in [0, 0.1) is 6.92 Å². The number of benzene rings is 1. The second-order valence-corrected chi connectivity index (χ2v) is 7.49. The van der Waals surface area contributed by atoms with Gasteiger partial charge in [-0.05, 0) is 38.8 Å². The van der Waals surface area contributed by atoms with E-state index in [-0.39, 0.29) is 5.91 Å². The molecule has 4 rings (SSSR count). The fourth-order valence-electron chi connectivity index (χ4n) is 3.67. The first-order valence-corrected chi connectivity index (χ1v) is 10.7. The molecule has 2 aromatic heterocycles. The second kappa shape index (κ2) is 10.7. The van der Waals surface area contributed by atoms with Crippen molar-refractivity contribution in [2.24, 2.45) is 4.99 Å². The lowest BCUT2D eigenvalue weighted by atomic mass is 10.1. The molecule has 0 unspecified atom stereocenters. The van der Waals surface area contributed by atoms with Crippen LogP contribution in [-0.4, -0.2) is 49.9 Å². The summed E-state index contributed by atoms with van der Waals surface area (Å²) in [6.07, 6.45) is 9.75. The van der Waals surface area contributed by atoms with Gasteiger partial charge < -0.3 is 13.9 Å². The Labute approximate surface area is 183 Å². The molecule has 1 aliphatic carbocycles. The Hall–Kier alpha value is -3.29. The highest BCUT2D eigenvalue weighted by Gasteiger charge is 2.24. The molecule has 3 aromatic rings. The molecular weight excluding hydrogens is 392 g/mol. The van der Waals surface area contributed by atoms with E-state index in [1.165, 1.54) is 19.2 Å². The van der Waals surface area contributed by atoms with Gasteiger partial charge in [-0.3, -0.25) is 4.79 Å². The highest BCUT2D eigenvalue weighted by molar-refractivity contribution is 5.94. The SMILES string of the molecule is C/C=N\c1nc(-c2ccc(C(=O)N(C)C3CCCC3)cc2)cn1CC.Cc1nnco1. The van der Waals surface area contributed by atoms with E-state index in [1.54, 1.807) is 13.1 Å². The zero-order chi connectivity index (χ0) is 22.2. The van der Waals surface area contributed by atoms with Gasteiger partial charge in [0.05, 0.1) is 5.69 Å². The van der Waals surface area contributed by atoms with Crippen LogP contribution in [-0.2, 0) is 6.54 Å². The van der Waals surface area contributed by atoms with Crippen molar-refractivity contribution in [1.29, 1.82) is 0 Å². The van der Waals surface area contributed by atoms with Crippen LogP contribution in [0.15, 0.2) is 46.3 Å². The lowest BCUT2D eigenvalue weighted by Crippen LogP contribution is -2.35. The molecule has 31 heavy (non-hydrogen) atoms. The summed E-state index contributed by atoms with van der Waals surface area (Å²) in [5.41, 5.74) is 2.62. The number of imidazole rings is 1. The number of hydrogen-bond acceptors (Lipinski definition) is 6. The number of hydrogen-bond donors (Lipinski definition) is 0. The smallest absolute Gasteiger partial charge is 0.253 e. The molecule has 2 heterocycles. The minimum absolute atomic E-state index is 0.105. The topological polar surface area (TPSA) is 89.4 Å². The van der Waals surface area contributed by atoms with Crippen molar-refractivity contribution in [3.8, 4) is 11.3 Å². The van der Waals surface area contributed by atoms with Crippen molar-refractivity contribution in [3.63, 3.8) is 0 Å². The lowest BCUT2D eigenvalue weighted by molar-refractivity contribution is 0.0735. The predicted molar refractivity (Wildman–Crippen MR) is 121 cm³/mol. The monoisotopic (exact) mass is 422 g/mol. The summed E-state index contributed by atoms with van der Waals surface area (Å²) in [6.45, 7) is 6.52. The van der Waals surface area contributed by atoms with Crippen LogP contribution in [0.5, 0.6) is 0 Å². The molecule has 1 amide bonds. The molecule has 0 N–H and O–H groups in total. The number of amides is 1. The van der Waals surface area contributed by atoms with Gasteiger partial charge in [-0.1, -0.05) is 25.0 Å². The quantitative estimate of drug-likeness (QED) is 0.557. The van der Waals surface area contributed by atoms with Crippen molar-refractivity contribution in [2.45, 2.75) is 59.0 Å². The fraction of sp³-hybridized carbons (Fsp3) is 0.435.